The first-order valence-electron chi connectivity index (χ1n) is 6.37. The van der Waals surface area contributed by atoms with Crippen molar-refractivity contribution in [3.05, 3.63) is 0 Å². The van der Waals surface area contributed by atoms with Crippen molar-refractivity contribution < 1.29 is 19.4 Å². The van der Waals surface area contributed by atoms with Crippen LogP contribution in [0.4, 0.5) is 0 Å². The van der Waals surface area contributed by atoms with Gasteiger partial charge in [-0.05, 0) is 13.0 Å². The SMILES string of the molecule is CCNC1COCC1C(=O)NCCC(C)C(=O)O. The number of amides is 1. The molecule has 1 aliphatic heterocycles. The Balaban J connectivity index is 2.29. The van der Waals surface area contributed by atoms with E-state index in [1.807, 2.05) is 6.92 Å². The number of rotatable bonds is 7. The minimum atomic E-state index is -0.834. The molecule has 1 amide bonds. The molecular formula is C12H22N2O4. The molecule has 0 saturated carbocycles. The number of carbonyl (C=O) groups is 2. The van der Waals surface area contributed by atoms with Crippen molar-refractivity contribution >= 4 is 11.9 Å². The predicted octanol–water partition coefficient (Wildman–Crippen LogP) is -0.162. The first kappa shape index (κ1) is 14.9. The van der Waals surface area contributed by atoms with E-state index in [4.69, 9.17) is 9.84 Å². The zero-order chi connectivity index (χ0) is 13.5. The van der Waals surface area contributed by atoms with E-state index in [2.05, 4.69) is 10.6 Å². The number of carboxylic acids is 1. The maximum Gasteiger partial charge on any atom is 0.306 e. The Hall–Kier alpha value is -1.14. The molecule has 1 aliphatic rings. The number of likely N-dealkylation sites (N-methyl/N-ethyl adjacent to an activating group) is 1. The number of hydrogen-bond donors (Lipinski definition) is 3. The molecule has 6 heteroatoms. The van der Waals surface area contributed by atoms with Crippen molar-refractivity contribution in [2.24, 2.45) is 11.8 Å². The van der Waals surface area contributed by atoms with Gasteiger partial charge in [0, 0.05) is 12.6 Å². The smallest absolute Gasteiger partial charge is 0.306 e. The van der Waals surface area contributed by atoms with E-state index in [-0.39, 0.29) is 17.9 Å². The van der Waals surface area contributed by atoms with Crippen LogP contribution in [0.2, 0.25) is 0 Å². The van der Waals surface area contributed by atoms with Crippen LogP contribution in [-0.2, 0) is 14.3 Å². The summed E-state index contributed by atoms with van der Waals surface area (Å²) in [7, 11) is 0. The summed E-state index contributed by atoms with van der Waals surface area (Å²) < 4.78 is 5.29. The van der Waals surface area contributed by atoms with Crippen LogP contribution in [-0.4, -0.2) is 49.3 Å². The zero-order valence-electron chi connectivity index (χ0n) is 10.9. The quantitative estimate of drug-likeness (QED) is 0.590. The third kappa shape index (κ3) is 4.27. The highest BCUT2D eigenvalue weighted by atomic mass is 16.5. The summed E-state index contributed by atoms with van der Waals surface area (Å²) >= 11 is 0. The maximum atomic E-state index is 11.9. The largest absolute Gasteiger partial charge is 0.481 e. The third-order valence-electron chi connectivity index (χ3n) is 3.18. The van der Waals surface area contributed by atoms with Gasteiger partial charge in [-0.3, -0.25) is 9.59 Å². The highest BCUT2D eigenvalue weighted by Crippen LogP contribution is 2.13. The van der Waals surface area contributed by atoms with Crippen LogP contribution in [0.15, 0.2) is 0 Å². The Morgan fingerprint density at radius 1 is 1.44 bits per heavy atom. The van der Waals surface area contributed by atoms with Gasteiger partial charge in [-0.25, -0.2) is 0 Å². The molecule has 1 heterocycles. The Kier molecular flexibility index (Phi) is 6.07. The van der Waals surface area contributed by atoms with Crippen LogP contribution in [0.25, 0.3) is 0 Å². The van der Waals surface area contributed by atoms with E-state index in [1.54, 1.807) is 6.92 Å². The summed E-state index contributed by atoms with van der Waals surface area (Å²) in [6.45, 7) is 5.79. The molecule has 1 rings (SSSR count). The Labute approximate surface area is 107 Å². The average molecular weight is 258 g/mol. The molecule has 104 valence electrons. The highest BCUT2D eigenvalue weighted by molar-refractivity contribution is 5.80. The molecule has 0 aromatic rings. The lowest BCUT2D eigenvalue weighted by atomic mass is 10.0. The fourth-order valence-electron chi connectivity index (χ4n) is 1.94. The summed E-state index contributed by atoms with van der Waals surface area (Å²) in [5.41, 5.74) is 0. The number of aliphatic carboxylic acids is 1. The van der Waals surface area contributed by atoms with Crippen molar-refractivity contribution in [2.75, 3.05) is 26.3 Å². The second kappa shape index (κ2) is 7.33. The molecule has 3 N–H and O–H groups in total. The van der Waals surface area contributed by atoms with Gasteiger partial charge in [0.05, 0.1) is 25.0 Å². The Morgan fingerprint density at radius 3 is 2.78 bits per heavy atom. The van der Waals surface area contributed by atoms with Gasteiger partial charge in [0.15, 0.2) is 0 Å². The maximum absolute atomic E-state index is 11.9. The van der Waals surface area contributed by atoms with Crippen LogP contribution in [0.3, 0.4) is 0 Å². The number of carboxylic acid groups (broad SMARTS) is 1. The van der Waals surface area contributed by atoms with Crippen LogP contribution in [0.1, 0.15) is 20.3 Å². The molecule has 18 heavy (non-hydrogen) atoms. The summed E-state index contributed by atoms with van der Waals surface area (Å²) in [4.78, 5) is 22.5. The van der Waals surface area contributed by atoms with E-state index < -0.39 is 11.9 Å². The molecule has 3 atom stereocenters. The van der Waals surface area contributed by atoms with Crippen LogP contribution in [0.5, 0.6) is 0 Å². The monoisotopic (exact) mass is 258 g/mol. The lowest BCUT2D eigenvalue weighted by molar-refractivity contribution is -0.141. The zero-order valence-corrected chi connectivity index (χ0v) is 10.9. The number of carbonyl (C=O) groups excluding carboxylic acids is 1. The standard InChI is InChI=1S/C12H22N2O4/c1-3-13-10-7-18-6-9(10)11(15)14-5-4-8(2)12(16)17/h8-10,13H,3-7H2,1-2H3,(H,14,15)(H,16,17). The molecule has 1 fully saturated rings. The van der Waals surface area contributed by atoms with Crippen LogP contribution >= 0.6 is 0 Å². The minimum absolute atomic E-state index is 0.0592. The molecule has 1 saturated heterocycles. The fraction of sp³-hybridized carbons (Fsp3) is 0.833. The van der Waals surface area contributed by atoms with Crippen molar-refractivity contribution in [3.8, 4) is 0 Å². The second-order valence-electron chi connectivity index (χ2n) is 4.63. The van der Waals surface area contributed by atoms with E-state index in [9.17, 15) is 9.59 Å². The van der Waals surface area contributed by atoms with Gasteiger partial charge >= 0.3 is 5.97 Å². The fourth-order valence-corrected chi connectivity index (χ4v) is 1.94. The minimum Gasteiger partial charge on any atom is -0.481 e. The lowest BCUT2D eigenvalue weighted by Gasteiger charge is -2.18. The van der Waals surface area contributed by atoms with Crippen molar-refractivity contribution in [1.29, 1.82) is 0 Å². The summed E-state index contributed by atoms with van der Waals surface area (Å²) in [6, 6.07) is 0.0619. The molecule has 0 aromatic heterocycles. The molecule has 3 unspecified atom stereocenters. The number of hydrogen-bond acceptors (Lipinski definition) is 4. The van der Waals surface area contributed by atoms with Gasteiger partial charge in [0.2, 0.25) is 5.91 Å². The first-order chi connectivity index (χ1) is 8.56. The average Bonchev–Trinajstić information content (AvgIpc) is 2.77. The Bertz CT molecular complexity index is 296. The summed E-state index contributed by atoms with van der Waals surface area (Å²) in [5, 5.41) is 14.7. The molecule has 0 radical (unpaired) electrons. The second-order valence-corrected chi connectivity index (χ2v) is 4.63. The van der Waals surface area contributed by atoms with Crippen molar-refractivity contribution in [1.82, 2.24) is 10.6 Å². The van der Waals surface area contributed by atoms with Gasteiger partial charge in [-0.15, -0.1) is 0 Å². The highest BCUT2D eigenvalue weighted by Gasteiger charge is 2.33. The molecule has 0 aliphatic carbocycles. The van der Waals surface area contributed by atoms with E-state index in [0.717, 1.165) is 6.54 Å². The third-order valence-corrected chi connectivity index (χ3v) is 3.18. The topological polar surface area (TPSA) is 87.7 Å². The van der Waals surface area contributed by atoms with Crippen molar-refractivity contribution in [2.45, 2.75) is 26.3 Å². The van der Waals surface area contributed by atoms with Gasteiger partial charge in [-0.2, -0.15) is 0 Å². The Morgan fingerprint density at radius 2 is 2.17 bits per heavy atom. The van der Waals surface area contributed by atoms with E-state index in [1.165, 1.54) is 0 Å². The number of nitrogens with one attached hydrogen (secondary N) is 2. The molecule has 0 aromatic carbocycles. The van der Waals surface area contributed by atoms with Gasteiger partial charge in [-0.1, -0.05) is 13.8 Å². The summed E-state index contributed by atoms with van der Waals surface area (Å²) in [5.74, 6) is -1.50. The predicted molar refractivity (Wildman–Crippen MR) is 66.2 cm³/mol. The molecule has 0 spiro atoms. The van der Waals surface area contributed by atoms with Gasteiger partial charge in [0.1, 0.15) is 0 Å². The normalized spacial score (nSPS) is 24.8. The van der Waals surface area contributed by atoms with Crippen LogP contribution in [0, 0.1) is 11.8 Å². The molecule has 6 nitrogen and oxygen atoms in total. The lowest BCUT2D eigenvalue weighted by Crippen LogP contribution is -2.44. The van der Waals surface area contributed by atoms with E-state index >= 15 is 0 Å². The van der Waals surface area contributed by atoms with Crippen molar-refractivity contribution in [3.63, 3.8) is 0 Å². The molecule has 0 bridgehead atoms. The van der Waals surface area contributed by atoms with Gasteiger partial charge in [0.25, 0.3) is 0 Å². The molecular weight excluding hydrogens is 236 g/mol. The van der Waals surface area contributed by atoms with Crippen LogP contribution < -0.4 is 10.6 Å². The first-order valence-corrected chi connectivity index (χ1v) is 6.37. The van der Waals surface area contributed by atoms with Gasteiger partial charge < -0.3 is 20.5 Å². The number of ether oxygens (including phenoxy) is 1. The summed E-state index contributed by atoms with van der Waals surface area (Å²) in [6.07, 6.45) is 0.445. The van der Waals surface area contributed by atoms with E-state index in [0.29, 0.717) is 26.2 Å².